The molecular formula is C14H16F3N3. The maximum absolute atomic E-state index is 13.2. The summed E-state index contributed by atoms with van der Waals surface area (Å²) in [6.45, 7) is 4.49. The van der Waals surface area contributed by atoms with Gasteiger partial charge in [0.1, 0.15) is 0 Å². The summed E-state index contributed by atoms with van der Waals surface area (Å²) in [5.74, 6) is -3.93. The van der Waals surface area contributed by atoms with Crippen molar-refractivity contribution in [1.29, 1.82) is 0 Å². The second-order valence-electron chi connectivity index (χ2n) is 4.70. The molecule has 0 amide bonds. The van der Waals surface area contributed by atoms with E-state index in [9.17, 15) is 13.2 Å². The monoisotopic (exact) mass is 283 g/mol. The number of aromatic nitrogens is 2. The lowest BCUT2D eigenvalue weighted by Gasteiger charge is -2.13. The number of halogens is 3. The summed E-state index contributed by atoms with van der Waals surface area (Å²) >= 11 is 0. The minimum Gasteiger partial charge on any atom is -0.324 e. The van der Waals surface area contributed by atoms with Gasteiger partial charge >= 0.3 is 0 Å². The molecule has 1 atom stereocenters. The summed E-state index contributed by atoms with van der Waals surface area (Å²) < 4.78 is 41.1. The molecule has 1 heterocycles. The van der Waals surface area contributed by atoms with Crippen molar-refractivity contribution in [2.45, 2.75) is 32.9 Å². The summed E-state index contributed by atoms with van der Waals surface area (Å²) in [6.07, 6.45) is 0.374. The van der Waals surface area contributed by atoms with Gasteiger partial charge in [-0.15, -0.1) is 0 Å². The second-order valence-corrected chi connectivity index (χ2v) is 4.70. The van der Waals surface area contributed by atoms with Crippen LogP contribution in [-0.4, -0.2) is 9.78 Å². The second kappa shape index (κ2) is 5.66. The Morgan fingerprint density at radius 2 is 1.80 bits per heavy atom. The van der Waals surface area contributed by atoms with E-state index in [1.165, 1.54) is 0 Å². The predicted octanol–water partition coefficient (Wildman–Crippen LogP) is 2.87. The molecule has 6 heteroatoms. The van der Waals surface area contributed by atoms with Crippen LogP contribution in [0.3, 0.4) is 0 Å². The highest BCUT2D eigenvalue weighted by molar-refractivity contribution is 5.24. The third-order valence-electron chi connectivity index (χ3n) is 3.15. The van der Waals surface area contributed by atoms with Gasteiger partial charge in [-0.25, -0.2) is 13.2 Å². The zero-order valence-corrected chi connectivity index (χ0v) is 11.3. The largest absolute Gasteiger partial charge is 0.324 e. The van der Waals surface area contributed by atoms with Gasteiger partial charge in [-0.2, -0.15) is 5.10 Å². The molecule has 2 N–H and O–H groups in total. The Labute approximate surface area is 115 Å². The van der Waals surface area contributed by atoms with E-state index in [0.29, 0.717) is 13.0 Å². The molecule has 1 aromatic heterocycles. The van der Waals surface area contributed by atoms with Gasteiger partial charge in [0.25, 0.3) is 0 Å². The molecule has 0 aliphatic rings. The van der Waals surface area contributed by atoms with E-state index in [1.807, 2.05) is 19.9 Å². The van der Waals surface area contributed by atoms with Gasteiger partial charge in [-0.1, -0.05) is 0 Å². The average molecular weight is 283 g/mol. The highest BCUT2D eigenvalue weighted by atomic mass is 19.2. The van der Waals surface area contributed by atoms with E-state index in [1.54, 1.807) is 4.68 Å². The molecule has 2 aromatic rings. The van der Waals surface area contributed by atoms with Crippen molar-refractivity contribution in [2.75, 3.05) is 0 Å². The van der Waals surface area contributed by atoms with E-state index in [-0.39, 0.29) is 5.56 Å². The zero-order chi connectivity index (χ0) is 14.9. The molecular weight excluding hydrogens is 267 g/mol. The Balaban J connectivity index is 2.25. The van der Waals surface area contributed by atoms with E-state index in [0.717, 1.165) is 23.5 Å². The number of nitrogens with zero attached hydrogens (tertiary/aromatic N) is 2. The van der Waals surface area contributed by atoms with Crippen LogP contribution >= 0.6 is 0 Å². The van der Waals surface area contributed by atoms with Crippen molar-refractivity contribution >= 4 is 0 Å². The molecule has 20 heavy (non-hydrogen) atoms. The lowest BCUT2D eigenvalue weighted by atomic mass is 10.0. The Hall–Kier alpha value is -1.82. The molecule has 0 saturated carbocycles. The van der Waals surface area contributed by atoms with Gasteiger partial charge in [0.2, 0.25) is 0 Å². The van der Waals surface area contributed by atoms with Gasteiger partial charge in [-0.3, -0.25) is 4.68 Å². The van der Waals surface area contributed by atoms with Crippen LogP contribution in [0.1, 0.15) is 29.9 Å². The van der Waals surface area contributed by atoms with Crippen LogP contribution in [0.2, 0.25) is 0 Å². The summed E-state index contributed by atoms with van der Waals surface area (Å²) in [7, 11) is 0. The molecule has 0 spiro atoms. The molecule has 0 bridgehead atoms. The molecule has 0 fully saturated rings. The Morgan fingerprint density at radius 3 is 2.35 bits per heavy atom. The maximum Gasteiger partial charge on any atom is 0.194 e. The van der Waals surface area contributed by atoms with Crippen LogP contribution in [-0.2, 0) is 13.0 Å². The number of aryl methyl sites for hydroxylation is 2. The van der Waals surface area contributed by atoms with Crippen LogP contribution in [0.5, 0.6) is 0 Å². The number of nitrogens with two attached hydrogens (primary N) is 1. The molecule has 0 aliphatic carbocycles. The van der Waals surface area contributed by atoms with Crippen molar-refractivity contribution in [3.8, 4) is 0 Å². The standard InChI is InChI=1S/C14H16F3N3/c1-3-20-10(4-8(2)19-20)7-13(18)9-5-11(15)14(17)12(16)6-9/h4-6,13H,3,7,18H2,1-2H3. The SMILES string of the molecule is CCn1nc(C)cc1CC(N)c1cc(F)c(F)c(F)c1. The summed E-state index contributed by atoms with van der Waals surface area (Å²) in [6, 6.07) is 3.12. The first-order chi connectivity index (χ1) is 9.42. The fourth-order valence-corrected chi connectivity index (χ4v) is 2.17. The van der Waals surface area contributed by atoms with E-state index in [4.69, 9.17) is 5.73 Å². The minimum absolute atomic E-state index is 0.225. The lowest BCUT2D eigenvalue weighted by molar-refractivity contribution is 0.443. The molecule has 1 unspecified atom stereocenters. The molecule has 3 nitrogen and oxygen atoms in total. The van der Waals surface area contributed by atoms with Gasteiger partial charge in [0, 0.05) is 24.7 Å². The fourth-order valence-electron chi connectivity index (χ4n) is 2.17. The van der Waals surface area contributed by atoms with Crippen molar-refractivity contribution in [3.05, 3.63) is 52.6 Å². The summed E-state index contributed by atoms with van der Waals surface area (Å²) in [5.41, 5.74) is 7.91. The normalized spacial score (nSPS) is 12.7. The smallest absolute Gasteiger partial charge is 0.194 e. The van der Waals surface area contributed by atoms with Gasteiger partial charge in [-0.05, 0) is 37.6 Å². The highest BCUT2D eigenvalue weighted by Crippen LogP contribution is 2.21. The Kier molecular flexibility index (Phi) is 4.13. The van der Waals surface area contributed by atoms with E-state index < -0.39 is 23.5 Å². The van der Waals surface area contributed by atoms with Crippen LogP contribution in [0.25, 0.3) is 0 Å². The number of hydrogen-bond donors (Lipinski definition) is 1. The maximum atomic E-state index is 13.2. The summed E-state index contributed by atoms with van der Waals surface area (Å²) in [5, 5.41) is 4.28. The third kappa shape index (κ3) is 2.85. The van der Waals surface area contributed by atoms with Crippen molar-refractivity contribution in [2.24, 2.45) is 5.73 Å². The first kappa shape index (κ1) is 14.6. The van der Waals surface area contributed by atoms with Gasteiger partial charge < -0.3 is 5.73 Å². The van der Waals surface area contributed by atoms with Crippen LogP contribution in [0.15, 0.2) is 18.2 Å². The Bertz CT molecular complexity index is 599. The summed E-state index contributed by atoms with van der Waals surface area (Å²) in [4.78, 5) is 0. The molecule has 0 saturated heterocycles. The fraction of sp³-hybridized carbons (Fsp3) is 0.357. The lowest BCUT2D eigenvalue weighted by Crippen LogP contribution is -2.17. The number of hydrogen-bond acceptors (Lipinski definition) is 2. The molecule has 1 aromatic carbocycles. The van der Waals surface area contributed by atoms with Crippen molar-refractivity contribution in [1.82, 2.24) is 9.78 Å². The van der Waals surface area contributed by atoms with Crippen LogP contribution in [0.4, 0.5) is 13.2 Å². The van der Waals surface area contributed by atoms with Crippen molar-refractivity contribution < 1.29 is 13.2 Å². The minimum atomic E-state index is -1.48. The van der Waals surface area contributed by atoms with Crippen LogP contribution in [0, 0.1) is 24.4 Å². The highest BCUT2D eigenvalue weighted by Gasteiger charge is 2.16. The van der Waals surface area contributed by atoms with Crippen LogP contribution < -0.4 is 5.73 Å². The molecule has 0 radical (unpaired) electrons. The third-order valence-corrected chi connectivity index (χ3v) is 3.15. The average Bonchev–Trinajstić information content (AvgIpc) is 2.75. The first-order valence-corrected chi connectivity index (χ1v) is 6.35. The topological polar surface area (TPSA) is 43.8 Å². The number of rotatable bonds is 4. The quantitative estimate of drug-likeness (QED) is 0.877. The molecule has 108 valence electrons. The molecule has 2 rings (SSSR count). The van der Waals surface area contributed by atoms with E-state index >= 15 is 0 Å². The first-order valence-electron chi connectivity index (χ1n) is 6.35. The Morgan fingerprint density at radius 1 is 1.20 bits per heavy atom. The predicted molar refractivity (Wildman–Crippen MR) is 69.6 cm³/mol. The van der Waals surface area contributed by atoms with Gasteiger partial charge in [0.15, 0.2) is 17.5 Å². The number of benzene rings is 1. The van der Waals surface area contributed by atoms with Gasteiger partial charge in [0.05, 0.1) is 5.69 Å². The van der Waals surface area contributed by atoms with Crippen molar-refractivity contribution in [3.63, 3.8) is 0 Å². The zero-order valence-electron chi connectivity index (χ0n) is 11.3. The van der Waals surface area contributed by atoms with E-state index in [2.05, 4.69) is 5.10 Å². The molecule has 0 aliphatic heterocycles.